The molecule has 1 N–H and O–H groups in total. The fraction of sp³-hybridized carbons (Fsp3) is 0.250. The first-order valence-corrected chi connectivity index (χ1v) is 5.93. The quantitative estimate of drug-likeness (QED) is 0.885. The van der Waals surface area contributed by atoms with Gasteiger partial charge in [-0.1, -0.05) is 0 Å². The molecule has 0 amide bonds. The predicted octanol–water partition coefficient (Wildman–Crippen LogP) is 2.73. The van der Waals surface area contributed by atoms with E-state index in [0.717, 1.165) is 9.86 Å². The zero-order chi connectivity index (χ0) is 13.3. The highest BCUT2D eigenvalue weighted by Gasteiger charge is 2.18. The molecule has 96 valence electrons. The zero-order valence-electron chi connectivity index (χ0n) is 10.2. The summed E-state index contributed by atoms with van der Waals surface area (Å²) in [5.41, 5.74) is 1.04. The van der Waals surface area contributed by atoms with E-state index in [-0.39, 0.29) is 0 Å². The number of fused-ring (bicyclic) bond motifs is 1. The van der Waals surface area contributed by atoms with Gasteiger partial charge in [0.05, 0.1) is 31.3 Å². The van der Waals surface area contributed by atoms with Crippen LogP contribution in [-0.4, -0.2) is 32.3 Å². The van der Waals surface area contributed by atoms with Crippen molar-refractivity contribution in [1.82, 2.24) is 4.98 Å². The molecule has 0 radical (unpaired) electrons. The number of hydrogen-bond acceptors (Lipinski definition) is 4. The molecule has 0 spiro atoms. The van der Waals surface area contributed by atoms with Crippen LogP contribution in [0.25, 0.3) is 10.9 Å². The number of esters is 1. The standard InChI is InChI=1S/C12H12BrNO4/c1-16-9-5-7(13)11(17-2)6-4-8(12(15)18-3)14-10(6)9/h4-5,14H,1-3H3. The third-order valence-electron chi connectivity index (χ3n) is 2.61. The van der Waals surface area contributed by atoms with Crippen LogP contribution in [0.5, 0.6) is 11.5 Å². The molecule has 0 fully saturated rings. The van der Waals surface area contributed by atoms with E-state index in [9.17, 15) is 4.79 Å². The van der Waals surface area contributed by atoms with Crippen LogP contribution in [0.3, 0.4) is 0 Å². The first-order valence-electron chi connectivity index (χ1n) is 5.13. The van der Waals surface area contributed by atoms with Crippen molar-refractivity contribution in [3.8, 4) is 11.5 Å². The number of ether oxygens (including phenoxy) is 3. The molecule has 0 atom stereocenters. The van der Waals surface area contributed by atoms with E-state index in [4.69, 9.17) is 9.47 Å². The van der Waals surface area contributed by atoms with Crippen LogP contribution in [0, 0.1) is 0 Å². The topological polar surface area (TPSA) is 60.6 Å². The van der Waals surface area contributed by atoms with Gasteiger partial charge in [-0.25, -0.2) is 4.79 Å². The summed E-state index contributed by atoms with van der Waals surface area (Å²) in [5.74, 6) is 0.816. The lowest BCUT2D eigenvalue weighted by molar-refractivity contribution is 0.0595. The van der Waals surface area contributed by atoms with Gasteiger partial charge < -0.3 is 19.2 Å². The second-order valence-corrected chi connectivity index (χ2v) is 4.41. The largest absolute Gasteiger partial charge is 0.495 e. The van der Waals surface area contributed by atoms with Crippen molar-refractivity contribution < 1.29 is 19.0 Å². The number of benzene rings is 1. The Morgan fingerprint density at radius 3 is 2.50 bits per heavy atom. The number of nitrogens with one attached hydrogen (secondary N) is 1. The summed E-state index contributed by atoms with van der Waals surface area (Å²) in [6, 6.07) is 3.45. The van der Waals surface area contributed by atoms with Crippen LogP contribution in [0.15, 0.2) is 16.6 Å². The Balaban J connectivity index is 2.75. The summed E-state index contributed by atoms with van der Waals surface area (Å²) in [7, 11) is 4.46. The number of rotatable bonds is 3. The maximum atomic E-state index is 11.5. The smallest absolute Gasteiger partial charge is 0.354 e. The Labute approximate surface area is 112 Å². The van der Waals surface area contributed by atoms with E-state index >= 15 is 0 Å². The second-order valence-electron chi connectivity index (χ2n) is 3.56. The maximum Gasteiger partial charge on any atom is 0.354 e. The van der Waals surface area contributed by atoms with Gasteiger partial charge in [0.25, 0.3) is 0 Å². The highest BCUT2D eigenvalue weighted by atomic mass is 79.9. The lowest BCUT2D eigenvalue weighted by Gasteiger charge is -2.08. The summed E-state index contributed by atoms with van der Waals surface area (Å²) in [6.45, 7) is 0. The lowest BCUT2D eigenvalue weighted by atomic mass is 10.2. The van der Waals surface area contributed by atoms with E-state index in [1.54, 1.807) is 26.4 Å². The van der Waals surface area contributed by atoms with Crippen LogP contribution in [-0.2, 0) is 4.74 Å². The van der Waals surface area contributed by atoms with Crippen molar-refractivity contribution >= 4 is 32.8 Å². The van der Waals surface area contributed by atoms with E-state index in [2.05, 4.69) is 25.7 Å². The lowest BCUT2D eigenvalue weighted by Crippen LogP contribution is -2.00. The molecule has 1 heterocycles. The summed E-state index contributed by atoms with van der Waals surface area (Å²) in [4.78, 5) is 14.5. The van der Waals surface area contributed by atoms with Crippen molar-refractivity contribution in [3.63, 3.8) is 0 Å². The summed E-state index contributed by atoms with van der Waals surface area (Å²) >= 11 is 3.40. The van der Waals surface area contributed by atoms with Crippen LogP contribution >= 0.6 is 15.9 Å². The van der Waals surface area contributed by atoms with E-state index in [1.807, 2.05) is 0 Å². The van der Waals surface area contributed by atoms with Crippen molar-refractivity contribution in [1.29, 1.82) is 0 Å². The zero-order valence-corrected chi connectivity index (χ0v) is 11.8. The summed E-state index contributed by atoms with van der Waals surface area (Å²) in [6.07, 6.45) is 0. The number of H-pyrrole nitrogens is 1. The van der Waals surface area contributed by atoms with Crippen molar-refractivity contribution in [3.05, 3.63) is 22.3 Å². The minimum atomic E-state index is -0.438. The van der Waals surface area contributed by atoms with Gasteiger partial charge in [-0.3, -0.25) is 0 Å². The summed E-state index contributed by atoms with van der Waals surface area (Å²) < 4.78 is 16.0. The van der Waals surface area contributed by atoms with Crippen LogP contribution < -0.4 is 9.47 Å². The molecule has 0 aliphatic carbocycles. The fourth-order valence-corrected chi connectivity index (χ4v) is 2.38. The first-order chi connectivity index (χ1) is 8.62. The monoisotopic (exact) mass is 313 g/mol. The minimum absolute atomic E-state index is 0.349. The molecule has 0 saturated carbocycles. The molecular formula is C12H12BrNO4. The van der Waals surface area contributed by atoms with Crippen molar-refractivity contribution in [2.75, 3.05) is 21.3 Å². The highest BCUT2D eigenvalue weighted by Crippen LogP contribution is 2.39. The average Bonchev–Trinajstić information content (AvgIpc) is 2.81. The molecule has 5 nitrogen and oxygen atoms in total. The van der Waals surface area contributed by atoms with Crippen molar-refractivity contribution in [2.45, 2.75) is 0 Å². The van der Waals surface area contributed by atoms with Gasteiger partial charge in [-0.2, -0.15) is 0 Å². The van der Waals surface area contributed by atoms with Gasteiger partial charge >= 0.3 is 5.97 Å². The van der Waals surface area contributed by atoms with Gasteiger partial charge in [0, 0.05) is 11.5 Å². The average molecular weight is 314 g/mol. The van der Waals surface area contributed by atoms with Gasteiger partial charge in [0.15, 0.2) is 0 Å². The van der Waals surface area contributed by atoms with Gasteiger partial charge in [-0.15, -0.1) is 0 Å². The molecule has 1 aromatic carbocycles. The number of aromatic amines is 1. The molecule has 0 unspecified atom stereocenters. The Morgan fingerprint density at radius 2 is 1.94 bits per heavy atom. The molecule has 0 saturated heterocycles. The number of aromatic nitrogens is 1. The molecular weight excluding hydrogens is 302 g/mol. The first kappa shape index (κ1) is 12.8. The normalized spacial score (nSPS) is 10.4. The van der Waals surface area contributed by atoms with Gasteiger partial charge in [-0.05, 0) is 22.0 Å². The third kappa shape index (κ3) is 1.92. The van der Waals surface area contributed by atoms with E-state index in [1.165, 1.54) is 7.11 Å². The second kappa shape index (κ2) is 4.89. The molecule has 6 heteroatoms. The fourth-order valence-electron chi connectivity index (χ4n) is 1.80. The number of halogens is 1. The van der Waals surface area contributed by atoms with Gasteiger partial charge in [0.1, 0.15) is 17.2 Å². The Kier molecular flexibility index (Phi) is 3.47. The van der Waals surface area contributed by atoms with Crippen molar-refractivity contribution in [2.24, 2.45) is 0 Å². The van der Waals surface area contributed by atoms with Gasteiger partial charge in [0.2, 0.25) is 0 Å². The molecule has 0 bridgehead atoms. The number of carbonyl (C=O) groups is 1. The Hall–Kier alpha value is -1.69. The minimum Gasteiger partial charge on any atom is -0.495 e. The molecule has 0 aliphatic rings. The number of carbonyl (C=O) groups excluding carboxylic acids is 1. The van der Waals surface area contributed by atoms with Crippen LogP contribution in [0.4, 0.5) is 0 Å². The number of methoxy groups -OCH3 is 3. The van der Waals surface area contributed by atoms with E-state index < -0.39 is 5.97 Å². The SMILES string of the molecule is COC(=O)c1cc2c(OC)c(Br)cc(OC)c2[nH]1. The molecule has 2 aromatic rings. The Morgan fingerprint density at radius 1 is 1.22 bits per heavy atom. The van der Waals surface area contributed by atoms with E-state index in [0.29, 0.717) is 22.7 Å². The van der Waals surface area contributed by atoms with Crippen LogP contribution in [0.1, 0.15) is 10.5 Å². The highest BCUT2D eigenvalue weighted by molar-refractivity contribution is 9.10. The molecule has 0 aliphatic heterocycles. The van der Waals surface area contributed by atoms with Crippen LogP contribution in [0.2, 0.25) is 0 Å². The Bertz CT molecular complexity index is 606. The molecule has 18 heavy (non-hydrogen) atoms. The number of hydrogen-bond donors (Lipinski definition) is 1. The third-order valence-corrected chi connectivity index (χ3v) is 3.20. The molecule has 2 rings (SSSR count). The maximum absolute atomic E-state index is 11.5. The summed E-state index contributed by atoms with van der Waals surface area (Å²) in [5, 5.41) is 0.754. The predicted molar refractivity (Wildman–Crippen MR) is 70.4 cm³/mol. The molecule has 1 aromatic heterocycles.